The number of hydrogen-bond acceptors (Lipinski definition) is 2. The lowest BCUT2D eigenvalue weighted by atomic mass is 10.0. The number of rotatable bonds is 2. The molecule has 0 amide bonds. The molecule has 3 aromatic rings. The summed E-state index contributed by atoms with van der Waals surface area (Å²) in [7, 11) is 0. The molecule has 1 aromatic heterocycles. The quantitative estimate of drug-likeness (QED) is 0.774. The van der Waals surface area contributed by atoms with Crippen LogP contribution in [0.1, 0.15) is 22.9 Å². The Bertz CT molecular complexity index is 817. The summed E-state index contributed by atoms with van der Waals surface area (Å²) >= 11 is 0. The van der Waals surface area contributed by atoms with Crippen LogP contribution in [0.3, 0.4) is 0 Å². The molecule has 4 heteroatoms. The third-order valence-electron chi connectivity index (χ3n) is 3.50. The van der Waals surface area contributed by atoms with Gasteiger partial charge < -0.3 is 5.11 Å². The van der Waals surface area contributed by atoms with Crippen molar-refractivity contribution in [1.29, 1.82) is 0 Å². The van der Waals surface area contributed by atoms with Gasteiger partial charge in [-0.25, -0.2) is 13.8 Å². The van der Waals surface area contributed by atoms with Gasteiger partial charge in [-0.15, -0.1) is 0 Å². The minimum atomic E-state index is -1.30. The molecule has 0 bridgehead atoms. The highest BCUT2D eigenvalue weighted by Crippen LogP contribution is 2.27. The van der Waals surface area contributed by atoms with Gasteiger partial charge in [-0.1, -0.05) is 30.3 Å². The zero-order valence-electron chi connectivity index (χ0n) is 11.3. The molecule has 0 radical (unpaired) electrons. The molecule has 0 aliphatic carbocycles. The Kier molecular flexibility index (Phi) is 3.39. The van der Waals surface area contributed by atoms with Crippen molar-refractivity contribution in [2.24, 2.45) is 0 Å². The molecule has 106 valence electrons. The second-order valence-corrected chi connectivity index (χ2v) is 4.93. The molecule has 0 fully saturated rings. The summed E-state index contributed by atoms with van der Waals surface area (Å²) < 4.78 is 27.1. The van der Waals surface area contributed by atoms with Crippen LogP contribution in [0.2, 0.25) is 0 Å². The Morgan fingerprint density at radius 2 is 1.81 bits per heavy atom. The summed E-state index contributed by atoms with van der Waals surface area (Å²) in [4.78, 5) is 4.34. The van der Waals surface area contributed by atoms with Gasteiger partial charge >= 0.3 is 0 Å². The van der Waals surface area contributed by atoms with E-state index in [2.05, 4.69) is 4.98 Å². The van der Waals surface area contributed by atoms with E-state index in [9.17, 15) is 13.9 Å². The first-order valence-corrected chi connectivity index (χ1v) is 6.56. The van der Waals surface area contributed by atoms with E-state index in [1.54, 1.807) is 6.07 Å². The van der Waals surface area contributed by atoms with E-state index in [1.807, 2.05) is 31.2 Å². The van der Waals surface area contributed by atoms with E-state index >= 15 is 0 Å². The summed E-state index contributed by atoms with van der Waals surface area (Å²) in [5.41, 5.74) is 1.82. The predicted molar refractivity (Wildman–Crippen MR) is 76.9 cm³/mol. The van der Waals surface area contributed by atoms with Crippen molar-refractivity contribution in [2.75, 3.05) is 0 Å². The second kappa shape index (κ2) is 5.22. The monoisotopic (exact) mass is 285 g/mol. The number of benzene rings is 2. The van der Waals surface area contributed by atoms with Crippen molar-refractivity contribution in [2.45, 2.75) is 13.0 Å². The van der Waals surface area contributed by atoms with Crippen LogP contribution in [0.25, 0.3) is 10.9 Å². The van der Waals surface area contributed by atoms with Gasteiger partial charge in [0.1, 0.15) is 6.10 Å². The van der Waals surface area contributed by atoms with E-state index in [4.69, 9.17) is 0 Å². The van der Waals surface area contributed by atoms with Gasteiger partial charge in [0, 0.05) is 10.9 Å². The Balaban J connectivity index is 2.13. The number of aryl methyl sites for hydroxylation is 1. The molecule has 0 spiro atoms. The number of nitrogens with zero attached hydrogens (tertiary/aromatic N) is 1. The third kappa shape index (κ3) is 2.38. The van der Waals surface area contributed by atoms with Crippen LogP contribution < -0.4 is 0 Å². The molecule has 1 N–H and O–H groups in total. The van der Waals surface area contributed by atoms with Gasteiger partial charge in [0.15, 0.2) is 11.6 Å². The number of hydrogen-bond donors (Lipinski definition) is 1. The molecule has 1 atom stereocenters. The molecular formula is C17H13F2NO. The highest BCUT2D eigenvalue weighted by atomic mass is 19.2. The molecule has 1 unspecified atom stereocenters. The lowest BCUT2D eigenvalue weighted by Crippen LogP contribution is -2.07. The molecule has 0 saturated heterocycles. The summed E-state index contributed by atoms with van der Waals surface area (Å²) in [5.74, 6) is -2.03. The fourth-order valence-electron chi connectivity index (χ4n) is 2.41. The lowest BCUT2D eigenvalue weighted by molar-refractivity contribution is 0.209. The van der Waals surface area contributed by atoms with Gasteiger partial charge in [0.05, 0.1) is 11.2 Å². The summed E-state index contributed by atoms with van der Waals surface area (Å²) in [5, 5.41) is 11.3. The Morgan fingerprint density at radius 1 is 1.05 bits per heavy atom. The molecular weight excluding hydrogens is 272 g/mol. The third-order valence-corrected chi connectivity index (χ3v) is 3.50. The van der Waals surface area contributed by atoms with Crippen molar-refractivity contribution < 1.29 is 13.9 Å². The van der Waals surface area contributed by atoms with Crippen LogP contribution in [-0.4, -0.2) is 10.1 Å². The largest absolute Gasteiger partial charge is 0.382 e. The SMILES string of the molecule is Cc1cc(C(O)c2cccc(F)c2F)nc2ccccc12. The van der Waals surface area contributed by atoms with Crippen molar-refractivity contribution in [3.8, 4) is 0 Å². The van der Waals surface area contributed by atoms with E-state index in [1.165, 1.54) is 12.1 Å². The highest BCUT2D eigenvalue weighted by molar-refractivity contribution is 5.82. The van der Waals surface area contributed by atoms with Crippen molar-refractivity contribution in [3.05, 3.63) is 77.0 Å². The molecule has 2 aromatic carbocycles. The fraction of sp³-hybridized carbons (Fsp3) is 0.118. The Morgan fingerprint density at radius 3 is 2.62 bits per heavy atom. The van der Waals surface area contributed by atoms with Crippen LogP contribution in [0.4, 0.5) is 8.78 Å². The second-order valence-electron chi connectivity index (χ2n) is 4.93. The summed E-state index contributed by atoms with van der Waals surface area (Å²) in [6, 6.07) is 12.9. The van der Waals surface area contributed by atoms with Gasteiger partial charge in [-0.2, -0.15) is 0 Å². The smallest absolute Gasteiger partial charge is 0.165 e. The normalized spacial score (nSPS) is 12.6. The topological polar surface area (TPSA) is 33.1 Å². The van der Waals surface area contributed by atoms with Gasteiger partial charge in [0.25, 0.3) is 0 Å². The first-order chi connectivity index (χ1) is 10.1. The zero-order chi connectivity index (χ0) is 15.0. The number of halogens is 2. The number of aromatic nitrogens is 1. The summed E-state index contributed by atoms with van der Waals surface area (Å²) in [6.45, 7) is 1.89. The van der Waals surface area contributed by atoms with Crippen LogP contribution >= 0.6 is 0 Å². The number of aliphatic hydroxyl groups is 1. The highest BCUT2D eigenvalue weighted by Gasteiger charge is 2.19. The maximum absolute atomic E-state index is 13.8. The van der Waals surface area contributed by atoms with Gasteiger partial charge in [0.2, 0.25) is 0 Å². The van der Waals surface area contributed by atoms with Gasteiger partial charge in [-0.3, -0.25) is 0 Å². The predicted octanol–water partition coefficient (Wildman–Crippen LogP) is 3.90. The molecule has 0 aliphatic rings. The Hall–Kier alpha value is -2.33. The van der Waals surface area contributed by atoms with Crippen molar-refractivity contribution >= 4 is 10.9 Å². The van der Waals surface area contributed by atoms with E-state index in [0.717, 1.165) is 17.0 Å². The molecule has 1 heterocycles. The standard InChI is InChI=1S/C17H13F2NO/c1-10-9-15(20-14-8-3-2-5-11(10)14)17(21)12-6-4-7-13(18)16(12)19/h2-9,17,21H,1H3. The number of para-hydroxylation sites is 1. The minimum absolute atomic E-state index is 0.114. The molecule has 2 nitrogen and oxygen atoms in total. The average Bonchev–Trinajstić information content (AvgIpc) is 2.49. The average molecular weight is 285 g/mol. The number of pyridine rings is 1. The van der Waals surface area contributed by atoms with Crippen LogP contribution in [0.15, 0.2) is 48.5 Å². The van der Waals surface area contributed by atoms with E-state index in [0.29, 0.717) is 11.2 Å². The van der Waals surface area contributed by atoms with Crippen molar-refractivity contribution in [3.63, 3.8) is 0 Å². The summed E-state index contributed by atoms with van der Waals surface area (Å²) in [6.07, 6.45) is -1.30. The minimum Gasteiger partial charge on any atom is -0.382 e. The van der Waals surface area contributed by atoms with Crippen LogP contribution in [-0.2, 0) is 0 Å². The number of aliphatic hydroxyl groups excluding tert-OH is 1. The molecule has 0 aliphatic heterocycles. The van der Waals surface area contributed by atoms with E-state index in [-0.39, 0.29) is 5.56 Å². The van der Waals surface area contributed by atoms with Crippen molar-refractivity contribution in [1.82, 2.24) is 4.98 Å². The maximum Gasteiger partial charge on any atom is 0.165 e. The maximum atomic E-state index is 13.8. The van der Waals surface area contributed by atoms with Gasteiger partial charge in [-0.05, 0) is 30.7 Å². The molecule has 3 rings (SSSR count). The molecule has 0 saturated carbocycles. The zero-order valence-corrected chi connectivity index (χ0v) is 11.3. The first kappa shape index (κ1) is 13.6. The molecule has 21 heavy (non-hydrogen) atoms. The fourth-order valence-corrected chi connectivity index (χ4v) is 2.41. The van der Waals surface area contributed by atoms with E-state index < -0.39 is 17.7 Å². The van der Waals surface area contributed by atoms with Crippen LogP contribution in [0.5, 0.6) is 0 Å². The first-order valence-electron chi connectivity index (χ1n) is 6.56. The lowest BCUT2D eigenvalue weighted by Gasteiger charge is -2.14. The number of fused-ring (bicyclic) bond motifs is 1. The van der Waals surface area contributed by atoms with Crippen LogP contribution in [0, 0.1) is 18.6 Å². The Labute approximate surface area is 120 Å².